The number of nitrogens with one attached hydrogen (secondary N) is 1. The molecular formula is C17H16ClN5O4S2. The van der Waals surface area contributed by atoms with Gasteiger partial charge in [0.25, 0.3) is 5.69 Å². The predicted octanol–water partition coefficient (Wildman–Crippen LogP) is 2.67. The third kappa shape index (κ3) is 3.79. The number of anilines is 1. The summed E-state index contributed by atoms with van der Waals surface area (Å²) in [6.07, 6.45) is 0. The van der Waals surface area contributed by atoms with Crippen LogP contribution in [0.3, 0.4) is 0 Å². The molecule has 0 aliphatic carbocycles. The lowest BCUT2D eigenvalue weighted by Crippen LogP contribution is -2.38. The van der Waals surface area contributed by atoms with Crippen LogP contribution in [0.25, 0.3) is 10.2 Å². The van der Waals surface area contributed by atoms with E-state index in [1.54, 1.807) is 18.2 Å². The molecule has 1 saturated heterocycles. The largest absolute Gasteiger partial charge is 0.356 e. The standard InChI is InChI=1S/C17H16ClN5O4S2/c18-10-5-6-12-15(7-10)28-17(20-12)21-13-9-22(8-11(13)19)29(26,27)16-4-2-1-3-14(16)23(24)25/h1-7,11,13H,8-9,19H2,(H,20,21). The molecule has 12 heteroatoms. The van der Waals surface area contributed by atoms with E-state index < -0.39 is 26.7 Å². The SMILES string of the molecule is NC1CN(S(=O)(=O)c2ccccc2[N+](=O)[O-])CC1Nc1nc2ccc(Cl)cc2s1. The monoisotopic (exact) mass is 453 g/mol. The number of hydrogen-bond acceptors (Lipinski definition) is 8. The van der Waals surface area contributed by atoms with Crippen molar-refractivity contribution in [3.8, 4) is 0 Å². The number of halogens is 1. The zero-order chi connectivity index (χ0) is 20.8. The van der Waals surface area contributed by atoms with E-state index in [1.165, 1.54) is 39.9 Å². The van der Waals surface area contributed by atoms with Crippen molar-refractivity contribution in [2.75, 3.05) is 18.4 Å². The number of nitrogens with two attached hydrogens (primary N) is 1. The van der Waals surface area contributed by atoms with Gasteiger partial charge >= 0.3 is 0 Å². The summed E-state index contributed by atoms with van der Waals surface area (Å²) in [7, 11) is -4.07. The molecule has 0 radical (unpaired) electrons. The van der Waals surface area contributed by atoms with Crippen molar-refractivity contribution in [1.29, 1.82) is 0 Å². The van der Waals surface area contributed by atoms with Crippen molar-refractivity contribution >= 4 is 54.0 Å². The van der Waals surface area contributed by atoms with Crippen LogP contribution in [-0.4, -0.2) is 47.8 Å². The van der Waals surface area contributed by atoms with Gasteiger partial charge in [-0.05, 0) is 24.3 Å². The minimum Gasteiger partial charge on any atom is -0.356 e. The molecule has 0 amide bonds. The van der Waals surface area contributed by atoms with Crippen LogP contribution in [0, 0.1) is 10.1 Å². The minimum atomic E-state index is -4.07. The Morgan fingerprint density at radius 1 is 1.28 bits per heavy atom. The second-order valence-electron chi connectivity index (χ2n) is 6.59. The maximum absolute atomic E-state index is 13.0. The van der Waals surface area contributed by atoms with Crippen LogP contribution in [-0.2, 0) is 10.0 Å². The molecule has 9 nitrogen and oxygen atoms in total. The zero-order valence-electron chi connectivity index (χ0n) is 14.9. The molecule has 0 saturated carbocycles. The molecule has 1 aliphatic rings. The molecule has 2 unspecified atom stereocenters. The normalized spacial score (nSPS) is 20.2. The molecule has 0 spiro atoms. The first-order valence-electron chi connectivity index (χ1n) is 8.57. The molecule has 0 bridgehead atoms. The van der Waals surface area contributed by atoms with Gasteiger partial charge in [-0.15, -0.1) is 0 Å². The highest BCUT2D eigenvalue weighted by Crippen LogP contribution is 2.31. The van der Waals surface area contributed by atoms with Crippen molar-refractivity contribution in [2.24, 2.45) is 5.73 Å². The van der Waals surface area contributed by atoms with Crippen molar-refractivity contribution < 1.29 is 13.3 Å². The van der Waals surface area contributed by atoms with Gasteiger partial charge in [0.1, 0.15) is 0 Å². The predicted molar refractivity (Wildman–Crippen MR) is 112 cm³/mol. The zero-order valence-corrected chi connectivity index (χ0v) is 17.2. The lowest BCUT2D eigenvalue weighted by atomic mass is 10.2. The fourth-order valence-electron chi connectivity index (χ4n) is 3.22. The van der Waals surface area contributed by atoms with Gasteiger partial charge in [-0.3, -0.25) is 10.1 Å². The van der Waals surface area contributed by atoms with Gasteiger partial charge in [0.15, 0.2) is 10.0 Å². The van der Waals surface area contributed by atoms with Gasteiger partial charge in [0.2, 0.25) is 10.0 Å². The van der Waals surface area contributed by atoms with Gasteiger partial charge in [-0.1, -0.05) is 35.1 Å². The van der Waals surface area contributed by atoms with Crippen molar-refractivity contribution in [2.45, 2.75) is 17.0 Å². The molecule has 29 heavy (non-hydrogen) atoms. The first kappa shape index (κ1) is 20.0. The second kappa shape index (κ2) is 7.50. The van der Waals surface area contributed by atoms with Crippen LogP contribution in [0.5, 0.6) is 0 Å². The number of nitro groups is 1. The molecule has 2 aromatic carbocycles. The van der Waals surface area contributed by atoms with Crippen molar-refractivity contribution in [3.63, 3.8) is 0 Å². The number of rotatable bonds is 5. The van der Waals surface area contributed by atoms with E-state index in [0.29, 0.717) is 10.2 Å². The Morgan fingerprint density at radius 2 is 2.03 bits per heavy atom. The van der Waals surface area contributed by atoms with Crippen LogP contribution >= 0.6 is 22.9 Å². The van der Waals surface area contributed by atoms with Crippen LogP contribution in [0.4, 0.5) is 10.8 Å². The maximum Gasteiger partial charge on any atom is 0.289 e. The van der Waals surface area contributed by atoms with Crippen LogP contribution in [0.2, 0.25) is 5.02 Å². The Hall–Kier alpha value is -2.31. The summed E-state index contributed by atoms with van der Waals surface area (Å²) in [5.41, 5.74) is 6.48. The molecule has 152 valence electrons. The van der Waals surface area contributed by atoms with Crippen molar-refractivity contribution in [3.05, 3.63) is 57.6 Å². The Labute approximate surface area is 175 Å². The van der Waals surface area contributed by atoms with Crippen LogP contribution in [0.1, 0.15) is 0 Å². The van der Waals surface area contributed by atoms with E-state index in [2.05, 4.69) is 10.3 Å². The molecule has 2 atom stereocenters. The lowest BCUT2D eigenvalue weighted by molar-refractivity contribution is -0.387. The number of nitrogens with zero attached hydrogens (tertiary/aromatic N) is 3. The maximum atomic E-state index is 13.0. The molecule has 3 N–H and O–H groups in total. The summed E-state index contributed by atoms with van der Waals surface area (Å²) in [6.45, 7) is 0.120. The van der Waals surface area contributed by atoms with Gasteiger partial charge in [0.05, 0.1) is 21.2 Å². The molecular weight excluding hydrogens is 438 g/mol. The van der Waals surface area contributed by atoms with E-state index >= 15 is 0 Å². The fraction of sp³-hybridized carbons (Fsp3) is 0.235. The van der Waals surface area contributed by atoms with E-state index in [1.807, 2.05) is 0 Å². The average molecular weight is 454 g/mol. The number of fused-ring (bicyclic) bond motifs is 1. The topological polar surface area (TPSA) is 131 Å². The third-order valence-corrected chi connectivity index (χ3v) is 7.73. The summed E-state index contributed by atoms with van der Waals surface area (Å²) in [4.78, 5) is 14.7. The van der Waals surface area contributed by atoms with E-state index in [-0.39, 0.29) is 24.0 Å². The second-order valence-corrected chi connectivity index (χ2v) is 9.97. The summed E-state index contributed by atoms with van der Waals surface area (Å²) in [5.74, 6) is 0. The average Bonchev–Trinajstić information content (AvgIpc) is 3.25. The van der Waals surface area contributed by atoms with Gasteiger partial charge < -0.3 is 11.1 Å². The molecule has 1 fully saturated rings. The van der Waals surface area contributed by atoms with E-state index in [4.69, 9.17) is 17.3 Å². The Kier molecular flexibility index (Phi) is 5.17. The molecule has 1 aromatic heterocycles. The van der Waals surface area contributed by atoms with Gasteiger partial charge in [0, 0.05) is 30.2 Å². The molecule has 4 rings (SSSR count). The van der Waals surface area contributed by atoms with E-state index in [0.717, 1.165) is 10.2 Å². The third-order valence-electron chi connectivity index (χ3n) is 4.67. The Balaban J connectivity index is 1.57. The fourth-order valence-corrected chi connectivity index (χ4v) is 6.09. The summed E-state index contributed by atoms with van der Waals surface area (Å²) < 4.78 is 28.1. The highest BCUT2D eigenvalue weighted by Gasteiger charge is 2.40. The lowest BCUT2D eigenvalue weighted by Gasteiger charge is -2.16. The molecule has 3 aromatic rings. The summed E-state index contributed by atoms with van der Waals surface area (Å²) >= 11 is 7.39. The van der Waals surface area contributed by atoms with E-state index in [9.17, 15) is 18.5 Å². The molecule has 1 aliphatic heterocycles. The van der Waals surface area contributed by atoms with Crippen molar-refractivity contribution in [1.82, 2.24) is 9.29 Å². The number of para-hydroxylation sites is 1. The highest BCUT2D eigenvalue weighted by molar-refractivity contribution is 7.89. The van der Waals surface area contributed by atoms with Gasteiger partial charge in [-0.25, -0.2) is 13.4 Å². The first-order valence-corrected chi connectivity index (χ1v) is 11.2. The summed E-state index contributed by atoms with van der Waals surface area (Å²) in [5, 5.41) is 15.6. The van der Waals surface area contributed by atoms with Crippen LogP contribution in [0.15, 0.2) is 47.4 Å². The summed E-state index contributed by atoms with van der Waals surface area (Å²) in [6, 6.07) is 9.76. The Bertz CT molecular complexity index is 1200. The number of aromatic nitrogens is 1. The quantitative estimate of drug-likeness (QED) is 0.448. The smallest absolute Gasteiger partial charge is 0.289 e. The van der Waals surface area contributed by atoms with Gasteiger partial charge in [-0.2, -0.15) is 4.31 Å². The van der Waals surface area contributed by atoms with Crippen LogP contribution < -0.4 is 11.1 Å². The highest BCUT2D eigenvalue weighted by atomic mass is 35.5. The number of thiazole rings is 1. The molecule has 2 heterocycles. The minimum absolute atomic E-state index is 0.0444. The number of benzene rings is 2. The first-order chi connectivity index (χ1) is 13.8. The number of hydrogen-bond donors (Lipinski definition) is 2. The Morgan fingerprint density at radius 3 is 2.79 bits per heavy atom. The number of nitro benzene ring substituents is 1. The number of sulfonamides is 1.